The van der Waals surface area contributed by atoms with Crippen molar-refractivity contribution < 1.29 is 16.9 Å². The van der Waals surface area contributed by atoms with Crippen LogP contribution < -0.4 is 12.4 Å². The standard InChI is InChI=1S/C7H15ClN.2ClH/c1-9(2,3)7-5-4-6-8;;/h4-5H,6-7H2,1-3H3;2*1H/q+1;;/p-1/b5-4+;;. The molecule has 0 N–H and O–H groups in total. The lowest BCUT2D eigenvalue weighted by molar-refractivity contribution is -0.864. The van der Waals surface area contributed by atoms with Crippen molar-refractivity contribution in [2.75, 3.05) is 33.6 Å². The first-order valence-corrected chi connectivity index (χ1v) is 3.61. The van der Waals surface area contributed by atoms with Gasteiger partial charge in [-0.3, -0.25) is 0 Å². The fourth-order valence-electron chi connectivity index (χ4n) is 0.454. The molecule has 4 heteroatoms. The monoisotopic (exact) mass is 219 g/mol. The molecule has 70 valence electrons. The minimum Gasteiger partial charge on any atom is -1.00 e. The molecule has 0 atom stereocenters. The molecule has 0 unspecified atom stereocenters. The predicted octanol–water partition coefficient (Wildman–Crippen LogP) is -1.09. The number of rotatable bonds is 3. The number of allylic oxidation sites excluding steroid dienone is 1. The molecule has 0 radical (unpaired) electrons. The van der Waals surface area contributed by atoms with Gasteiger partial charge in [0.05, 0.1) is 27.7 Å². The van der Waals surface area contributed by atoms with Crippen LogP contribution >= 0.6 is 24.0 Å². The Bertz CT molecular complexity index is 96.3. The van der Waals surface area contributed by atoms with E-state index in [2.05, 4.69) is 27.2 Å². The molecule has 0 rings (SSSR count). The minimum atomic E-state index is 0. The van der Waals surface area contributed by atoms with Crippen LogP contribution in [0.5, 0.6) is 0 Å². The van der Waals surface area contributed by atoms with Gasteiger partial charge in [-0.15, -0.1) is 24.0 Å². The highest BCUT2D eigenvalue weighted by molar-refractivity contribution is 6.18. The molecule has 0 fully saturated rings. The molecule has 0 heterocycles. The molecule has 0 aromatic carbocycles. The summed E-state index contributed by atoms with van der Waals surface area (Å²) >= 11 is 5.44. The first-order valence-electron chi connectivity index (χ1n) is 3.07. The third-order valence-corrected chi connectivity index (χ3v) is 1.09. The molecule has 0 aliphatic carbocycles. The van der Waals surface area contributed by atoms with Gasteiger partial charge < -0.3 is 16.9 Å². The summed E-state index contributed by atoms with van der Waals surface area (Å²) in [4.78, 5) is 0. The second kappa shape index (κ2) is 8.66. The fraction of sp³-hybridized carbons (Fsp3) is 0.714. The van der Waals surface area contributed by atoms with Crippen LogP contribution in [0.2, 0.25) is 0 Å². The minimum absolute atomic E-state index is 0. The fourth-order valence-corrected chi connectivity index (χ4v) is 0.580. The lowest BCUT2D eigenvalue weighted by Gasteiger charge is -2.21. The first kappa shape index (κ1) is 17.6. The van der Waals surface area contributed by atoms with E-state index in [9.17, 15) is 0 Å². The molecule has 0 aromatic heterocycles. The van der Waals surface area contributed by atoms with E-state index in [1.54, 1.807) is 0 Å². The number of hydrogen-bond donors (Lipinski definition) is 0. The predicted molar refractivity (Wildman–Crippen MR) is 50.0 cm³/mol. The van der Waals surface area contributed by atoms with Crippen LogP contribution in [-0.2, 0) is 0 Å². The van der Waals surface area contributed by atoms with Gasteiger partial charge in [-0.25, -0.2) is 0 Å². The van der Waals surface area contributed by atoms with Gasteiger partial charge in [0.2, 0.25) is 0 Å². The van der Waals surface area contributed by atoms with Crippen LogP contribution in [0.3, 0.4) is 0 Å². The van der Waals surface area contributed by atoms with Crippen molar-refractivity contribution >= 4 is 24.0 Å². The number of likely N-dealkylation sites (N-methyl/N-ethyl adjacent to an activating group) is 1. The van der Waals surface area contributed by atoms with Crippen LogP contribution in [0.25, 0.3) is 0 Å². The van der Waals surface area contributed by atoms with E-state index in [1.165, 1.54) is 0 Å². The summed E-state index contributed by atoms with van der Waals surface area (Å²) in [7, 11) is 6.45. The molecule has 11 heavy (non-hydrogen) atoms. The third-order valence-electron chi connectivity index (χ3n) is 0.909. The van der Waals surface area contributed by atoms with Gasteiger partial charge in [0.1, 0.15) is 0 Å². The summed E-state index contributed by atoms with van der Waals surface area (Å²) < 4.78 is 0.966. The summed E-state index contributed by atoms with van der Waals surface area (Å²) in [6.07, 6.45) is 4.08. The van der Waals surface area contributed by atoms with Crippen LogP contribution in [0.15, 0.2) is 12.2 Å². The molecular formula is C7H16Cl3N. The highest BCUT2D eigenvalue weighted by atomic mass is 35.5. The summed E-state index contributed by atoms with van der Waals surface area (Å²) in [5.74, 6) is 0.625. The molecule has 0 spiro atoms. The molecular weight excluding hydrogens is 204 g/mol. The average Bonchev–Trinajstić information content (AvgIpc) is 1.63. The van der Waals surface area contributed by atoms with Crippen LogP contribution in [-0.4, -0.2) is 38.1 Å². The van der Waals surface area contributed by atoms with Crippen molar-refractivity contribution in [1.29, 1.82) is 0 Å². The maximum atomic E-state index is 5.44. The van der Waals surface area contributed by atoms with Crippen molar-refractivity contribution in [2.45, 2.75) is 0 Å². The maximum Gasteiger partial charge on any atom is 0.0967 e. The zero-order valence-electron chi connectivity index (χ0n) is 7.18. The van der Waals surface area contributed by atoms with Crippen molar-refractivity contribution in [1.82, 2.24) is 0 Å². The van der Waals surface area contributed by atoms with Crippen molar-refractivity contribution in [2.24, 2.45) is 0 Å². The van der Waals surface area contributed by atoms with Crippen LogP contribution in [0.4, 0.5) is 0 Å². The Balaban J connectivity index is -0.000000320. The molecule has 0 aliphatic rings. The van der Waals surface area contributed by atoms with Crippen molar-refractivity contribution in [3.63, 3.8) is 0 Å². The van der Waals surface area contributed by atoms with Gasteiger partial charge in [0, 0.05) is 5.88 Å². The summed E-state index contributed by atoms with van der Waals surface area (Å²) in [6.45, 7) is 1.05. The Morgan fingerprint density at radius 1 is 1.18 bits per heavy atom. The molecule has 0 amide bonds. The number of halogens is 3. The highest BCUT2D eigenvalue weighted by Gasteiger charge is 2.00. The first-order chi connectivity index (χ1) is 4.06. The normalized spacial score (nSPS) is 10.5. The number of alkyl halides is 1. The Morgan fingerprint density at radius 2 is 1.64 bits per heavy atom. The van der Waals surface area contributed by atoms with E-state index >= 15 is 0 Å². The molecule has 0 saturated heterocycles. The van der Waals surface area contributed by atoms with Crippen LogP contribution in [0.1, 0.15) is 0 Å². The van der Waals surface area contributed by atoms with Crippen molar-refractivity contribution in [3.05, 3.63) is 12.2 Å². The maximum absolute atomic E-state index is 5.44. The van der Waals surface area contributed by atoms with Gasteiger partial charge in [-0.05, 0) is 6.08 Å². The highest BCUT2D eigenvalue weighted by Crippen LogP contribution is 1.89. The zero-order valence-corrected chi connectivity index (χ0v) is 9.51. The van der Waals surface area contributed by atoms with E-state index in [1.807, 2.05) is 6.08 Å². The topological polar surface area (TPSA) is 0 Å². The van der Waals surface area contributed by atoms with E-state index in [0.29, 0.717) is 5.88 Å². The Labute approximate surface area is 86.8 Å². The molecule has 1 nitrogen and oxygen atoms in total. The Morgan fingerprint density at radius 3 is 1.91 bits per heavy atom. The summed E-state index contributed by atoms with van der Waals surface area (Å²) in [5.41, 5.74) is 0. The smallest absolute Gasteiger partial charge is 0.0967 e. The Kier molecular flexibility index (Phi) is 13.9. The second-order valence-corrected chi connectivity index (χ2v) is 3.41. The molecule has 0 aliphatic heterocycles. The second-order valence-electron chi connectivity index (χ2n) is 3.10. The van der Waals surface area contributed by atoms with Crippen molar-refractivity contribution in [3.8, 4) is 0 Å². The third kappa shape index (κ3) is 18.0. The van der Waals surface area contributed by atoms with Gasteiger partial charge in [-0.2, -0.15) is 0 Å². The lowest BCUT2D eigenvalue weighted by Crippen LogP contribution is -3.00. The quantitative estimate of drug-likeness (QED) is 0.322. The van der Waals surface area contributed by atoms with E-state index < -0.39 is 0 Å². The average molecular weight is 221 g/mol. The molecule has 0 saturated carbocycles. The van der Waals surface area contributed by atoms with Gasteiger partial charge in [0.25, 0.3) is 0 Å². The lowest BCUT2D eigenvalue weighted by atomic mass is 10.4. The molecule has 0 bridgehead atoms. The zero-order chi connectivity index (χ0) is 7.33. The van der Waals surface area contributed by atoms with E-state index in [4.69, 9.17) is 11.6 Å². The van der Waals surface area contributed by atoms with Gasteiger partial charge in [0.15, 0.2) is 0 Å². The number of hydrogen-bond acceptors (Lipinski definition) is 0. The SMILES string of the molecule is C[N+](C)(C)C/C=C/CCl.Cl.[Cl-]. The van der Waals surface area contributed by atoms with Gasteiger partial charge >= 0.3 is 0 Å². The summed E-state index contributed by atoms with van der Waals surface area (Å²) in [5, 5.41) is 0. The van der Waals surface area contributed by atoms with Crippen LogP contribution in [0, 0.1) is 0 Å². The van der Waals surface area contributed by atoms with Gasteiger partial charge in [-0.1, -0.05) is 6.08 Å². The Hall–Kier alpha value is 0.570. The number of quaternary nitrogens is 1. The van der Waals surface area contributed by atoms with E-state index in [0.717, 1.165) is 11.0 Å². The number of nitrogens with zero attached hydrogens (tertiary/aromatic N) is 1. The summed E-state index contributed by atoms with van der Waals surface area (Å²) in [6, 6.07) is 0. The largest absolute Gasteiger partial charge is 1.00 e. The van der Waals surface area contributed by atoms with E-state index in [-0.39, 0.29) is 24.8 Å². The molecule has 0 aromatic rings.